The number of rotatable bonds is 6. The molecule has 10 heteroatoms. The van der Waals surface area contributed by atoms with Gasteiger partial charge in [0.25, 0.3) is 17.2 Å². The lowest BCUT2D eigenvalue weighted by atomic mass is 10.2. The van der Waals surface area contributed by atoms with Crippen LogP contribution in [-0.4, -0.2) is 33.0 Å². The number of carbonyl (C=O) groups excluding carboxylic acids is 2. The Morgan fingerprint density at radius 2 is 1.86 bits per heavy atom. The standard InChI is InChI=1S/C18H14N4O6/c23-16(20-14-7-3-4-8-15(14)22(26)27)10-28-17(24)9-21-11-19-13-6-2-1-5-12(13)18(21)25/h1-8,11H,9-10H2,(H,20,23). The molecule has 0 saturated carbocycles. The molecule has 0 saturated heterocycles. The Labute approximate surface area is 157 Å². The van der Waals surface area contributed by atoms with Gasteiger partial charge in [-0.15, -0.1) is 0 Å². The number of para-hydroxylation sites is 3. The largest absolute Gasteiger partial charge is 0.454 e. The zero-order valence-corrected chi connectivity index (χ0v) is 14.4. The normalized spacial score (nSPS) is 10.4. The van der Waals surface area contributed by atoms with Crippen molar-refractivity contribution < 1.29 is 19.2 Å². The number of hydrogen-bond acceptors (Lipinski definition) is 7. The smallest absolute Gasteiger partial charge is 0.326 e. The van der Waals surface area contributed by atoms with E-state index in [1.165, 1.54) is 30.6 Å². The van der Waals surface area contributed by atoms with E-state index in [2.05, 4.69) is 10.3 Å². The van der Waals surface area contributed by atoms with Gasteiger partial charge in [0.15, 0.2) is 6.61 Å². The van der Waals surface area contributed by atoms with E-state index in [-0.39, 0.29) is 11.4 Å². The van der Waals surface area contributed by atoms with Gasteiger partial charge in [0.2, 0.25) is 0 Å². The minimum absolute atomic E-state index is 0.0107. The van der Waals surface area contributed by atoms with E-state index in [1.807, 2.05) is 0 Å². The van der Waals surface area contributed by atoms with Gasteiger partial charge in [-0.05, 0) is 18.2 Å². The number of anilines is 1. The Bertz CT molecular complexity index is 1120. The minimum Gasteiger partial charge on any atom is -0.454 e. The van der Waals surface area contributed by atoms with Crippen molar-refractivity contribution in [3.05, 3.63) is 75.3 Å². The predicted octanol–water partition coefficient (Wildman–Crippen LogP) is 1.49. The number of esters is 1. The van der Waals surface area contributed by atoms with Crippen molar-refractivity contribution in [3.63, 3.8) is 0 Å². The Balaban J connectivity index is 1.60. The number of carbonyl (C=O) groups is 2. The first-order chi connectivity index (χ1) is 13.5. The molecule has 1 aromatic heterocycles. The number of nitro groups is 1. The molecule has 3 aromatic rings. The van der Waals surface area contributed by atoms with Crippen LogP contribution in [-0.2, 0) is 20.9 Å². The summed E-state index contributed by atoms with van der Waals surface area (Å²) in [4.78, 5) is 50.5. The van der Waals surface area contributed by atoms with Crippen LogP contribution in [0.3, 0.4) is 0 Å². The minimum atomic E-state index is -0.822. The second-order valence-corrected chi connectivity index (χ2v) is 5.68. The molecule has 142 valence electrons. The molecule has 1 heterocycles. The number of nitrogens with one attached hydrogen (secondary N) is 1. The number of benzene rings is 2. The SMILES string of the molecule is O=C(COC(=O)Cn1cnc2ccccc2c1=O)Nc1ccccc1[N+](=O)[O-]. The molecule has 0 aliphatic rings. The van der Waals surface area contributed by atoms with Crippen molar-refractivity contribution in [2.45, 2.75) is 6.54 Å². The summed E-state index contributed by atoms with van der Waals surface area (Å²) in [5.41, 5.74) is -0.202. The topological polar surface area (TPSA) is 133 Å². The second kappa shape index (κ2) is 8.08. The average Bonchev–Trinajstić information content (AvgIpc) is 2.69. The maximum atomic E-state index is 12.3. The maximum Gasteiger partial charge on any atom is 0.326 e. The zero-order valence-electron chi connectivity index (χ0n) is 14.4. The molecule has 3 rings (SSSR count). The fourth-order valence-electron chi connectivity index (χ4n) is 2.47. The average molecular weight is 382 g/mol. The van der Waals surface area contributed by atoms with Gasteiger partial charge >= 0.3 is 5.97 Å². The Hall–Kier alpha value is -4.08. The quantitative estimate of drug-likeness (QED) is 0.388. The van der Waals surface area contributed by atoms with E-state index in [0.717, 1.165) is 4.57 Å². The first kappa shape index (κ1) is 18.7. The van der Waals surface area contributed by atoms with Gasteiger partial charge in [0.1, 0.15) is 12.2 Å². The van der Waals surface area contributed by atoms with E-state index in [9.17, 15) is 24.5 Å². The molecule has 1 amide bonds. The van der Waals surface area contributed by atoms with Crippen molar-refractivity contribution in [1.82, 2.24) is 9.55 Å². The number of aromatic nitrogens is 2. The van der Waals surface area contributed by atoms with E-state index < -0.39 is 35.5 Å². The number of amides is 1. The molecule has 28 heavy (non-hydrogen) atoms. The summed E-state index contributed by atoms with van der Waals surface area (Å²) in [6.07, 6.45) is 1.22. The van der Waals surface area contributed by atoms with E-state index in [1.54, 1.807) is 24.3 Å². The Kier molecular flexibility index (Phi) is 5.40. The third kappa shape index (κ3) is 4.18. The summed E-state index contributed by atoms with van der Waals surface area (Å²) in [5, 5.41) is 13.6. The molecule has 0 radical (unpaired) electrons. The molecule has 0 unspecified atom stereocenters. The Morgan fingerprint density at radius 3 is 2.64 bits per heavy atom. The van der Waals surface area contributed by atoms with Gasteiger partial charge in [0.05, 0.1) is 22.2 Å². The van der Waals surface area contributed by atoms with Crippen LogP contribution in [0.15, 0.2) is 59.7 Å². The summed E-state index contributed by atoms with van der Waals surface area (Å²) in [6.45, 7) is -1.07. The highest BCUT2D eigenvalue weighted by Gasteiger charge is 2.16. The highest BCUT2D eigenvalue weighted by Crippen LogP contribution is 2.22. The lowest BCUT2D eigenvalue weighted by Gasteiger charge is -2.08. The van der Waals surface area contributed by atoms with Crippen LogP contribution in [0.2, 0.25) is 0 Å². The van der Waals surface area contributed by atoms with Gasteiger partial charge in [-0.1, -0.05) is 24.3 Å². The summed E-state index contributed by atoms with van der Waals surface area (Å²) >= 11 is 0. The Morgan fingerprint density at radius 1 is 1.14 bits per heavy atom. The van der Waals surface area contributed by atoms with Crippen LogP contribution in [0, 0.1) is 10.1 Å². The second-order valence-electron chi connectivity index (χ2n) is 5.68. The summed E-state index contributed by atoms with van der Waals surface area (Å²) in [6, 6.07) is 12.3. The van der Waals surface area contributed by atoms with Gasteiger partial charge in [-0.2, -0.15) is 0 Å². The highest BCUT2D eigenvalue weighted by atomic mass is 16.6. The monoisotopic (exact) mass is 382 g/mol. The number of ether oxygens (including phenoxy) is 1. The summed E-state index contributed by atoms with van der Waals surface area (Å²) in [7, 11) is 0. The van der Waals surface area contributed by atoms with Crippen LogP contribution in [0.5, 0.6) is 0 Å². The predicted molar refractivity (Wildman–Crippen MR) is 98.7 cm³/mol. The van der Waals surface area contributed by atoms with E-state index >= 15 is 0 Å². The van der Waals surface area contributed by atoms with Crippen LogP contribution < -0.4 is 10.9 Å². The molecule has 0 atom stereocenters. The van der Waals surface area contributed by atoms with E-state index in [4.69, 9.17) is 4.74 Å². The van der Waals surface area contributed by atoms with Gasteiger partial charge in [0, 0.05) is 6.07 Å². The first-order valence-electron chi connectivity index (χ1n) is 8.09. The molecular formula is C18H14N4O6. The summed E-state index contributed by atoms with van der Waals surface area (Å²) < 4.78 is 5.91. The van der Waals surface area contributed by atoms with Crippen molar-refractivity contribution in [1.29, 1.82) is 0 Å². The van der Waals surface area contributed by atoms with Crippen LogP contribution in [0.4, 0.5) is 11.4 Å². The number of nitro benzene ring substituents is 1. The third-order valence-electron chi connectivity index (χ3n) is 3.77. The van der Waals surface area contributed by atoms with Gasteiger partial charge in [-0.3, -0.25) is 29.1 Å². The molecule has 0 spiro atoms. The van der Waals surface area contributed by atoms with Gasteiger partial charge < -0.3 is 10.1 Å². The lowest BCUT2D eigenvalue weighted by molar-refractivity contribution is -0.383. The summed E-state index contributed by atoms with van der Waals surface area (Å²) in [5.74, 6) is -1.57. The molecule has 0 fully saturated rings. The fraction of sp³-hybridized carbons (Fsp3) is 0.111. The first-order valence-corrected chi connectivity index (χ1v) is 8.09. The van der Waals surface area contributed by atoms with Crippen LogP contribution in [0.1, 0.15) is 0 Å². The van der Waals surface area contributed by atoms with Crippen molar-refractivity contribution in [2.24, 2.45) is 0 Å². The molecular weight excluding hydrogens is 368 g/mol. The van der Waals surface area contributed by atoms with Gasteiger partial charge in [-0.25, -0.2) is 4.98 Å². The maximum absolute atomic E-state index is 12.3. The molecule has 2 aromatic carbocycles. The third-order valence-corrected chi connectivity index (χ3v) is 3.77. The van der Waals surface area contributed by atoms with Crippen LogP contribution >= 0.6 is 0 Å². The zero-order chi connectivity index (χ0) is 20.1. The van der Waals surface area contributed by atoms with E-state index in [0.29, 0.717) is 10.9 Å². The molecule has 0 aliphatic carbocycles. The molecule has 0 aliphatic heterocycles. The molecule has 10 nitrogen and oxygen atoms in total. The van der Waals surface area contributed by atoms with Crippen molar-refractivity contribution in [2.75, 3.05) is 11.9 Å². The van der Waals surface area contributed by atoms with Crippen LogP contribution in [0.25, 0.3) is 10.9 Å². The van der Waals surface area contributed by atoms with Crippen molar-refractivity contribution >= 4 is 34.2 Å². The number of fused-ring (bicyclic) bond motifs is 1. The van der Waals surface area contributed by atoms with Crippen molar-refractivity contribution in [3.8, 4) is 0 Å². The number of nitrogens with zero attached hydrogens (tertiary/aromatic N) is 3. The fourth-order valence-corrected chi connectivity index (χ4v) is 2.47. The highest BCUT2D eigenvalue weighted by molar-refractivity contribution is 5.94. The molecule has 1 N–H and O–H groups in total. The molecule has 0 bridgehead atoms. The number of hydrogen-bond donors (Lipinski definition) is 1. The lowest BCUT2D eigenvalue weighted by Crippen LogP contribution is -2.28.